The van der Waals surface area contributed by atoms with Crippen LogP contribution in [0.4, 0.5) is 0 Å². The van der Waals surface area contributed by atoms with E-state index < -0.39 is 11.8 Å². The summed E-state index contributed by atoms with van der Waals surface area (Å²) in [6, 6.07) is 5.22. The van der Waals surface area contributed by atoms with Gasteiger partial charge in [-0.05, 0) is 36.0 Å². The molecule has 0 aromatic heterocycles. The number of methoxy groups -OCH3 is 1. The van der Waals surface area contributed by atoms with Crippen LogP contribution in [-0.4, -0.2) is 24.0 Å². The third kappa shape index (κ3) is 2.99. The summed E-state index contributed by atoms with van der Waals surface area (Å²) in [7, 11) is 1.56. The Kier molecular flexibility index (Phi) is 3.96. The smallest absolute Gasteiger partial charge is 0.263 e. The maximum atomic E-state index is 11.7. The van der Waals surface area contributed by atoms with Gasteiger partial charge in [0.15, 0.2) is 5.11 Å². The van der Waals surface area contributed by atoms with E-state index in [-0.39, 0.29) is 10.7 Å². The van der Waals surface area contributed by atoms with Crippen molar-refractivity contribution in [1.29, 1.82) is 0 Å². The van der Waals surface area contributed by atoms with E-state index in [4.69, 9.17) is 17.0 Å². The largest absolute Gasteiger partial charge is 0.497 e. The highest BCUT2D eigenvalue weighted by Gasteiger charge is 2.25. The number of carbonyl (C=O) groups is 2. The van der Waals surface area contributed by atoms with Gasteiger partial charge in [0, 0.05) is 4.47 Å². The average Bonchev–Trinajstić information content (AvgIpc) is 2.35. The van der Waals surface area contributed by atoms with Crippen LogP contribution >= 0.6 is 28.1 Å². The van der Waals surface area contributed by atoms with E-state index >= 15 is 0 Å². The van der Waals surface area contributed by atoms with Gasteiger partial charge in [0.05, 0.1) is 7.11 Å². The van der Waals surface area contributed by atoms with Crippen LogP contribution in [0.1, 0.15) is 5.56 Å². The second-order valence-corrected chi connectivity index (χ2v) is 4.95. The molecule has 98 valence electrons. The molecule has 0 spiro atoms. The maximum absolute atomic E-state index is 11.7. The van der Waals surface area contributed by atoms with Gasteiger partial charge < -0.3 is 4.74 Å². The highest BCUT2D eigenvalue weighted by atomic mass is 79.9. The number of nitrogens with one attached hydrogen (secondary N) is 2. The Morgan fingerprint density at radius 1 is 1.26 bits per heavy atom. The Balaban J connectivity index is 2.37. The van der Waals surface area contributed by atoms with Crippen molar-refractivity contribution in [2.24, 2.45) is 0 Å². The summed E-state index contributed by atoms with van der Waals surface area (Å²) >= 11 is 8.07. The zero-order valence-corrected chi connectivity index (χ0v) is 12.2. The molecule has 1 heterocycles. The van der Waals surface area contributed by atoms with Gasteiger partial charge in [-0.15, -0.1) is 0 Å². The van der Waals surface area contributed by atoms with E-state index in [1.807, 2.05) is 0 Å². The Bertz CT molecular complexity index is 591. The fraction of sp³-hybridized carbons (Fsp3) is 0.0833. The number of benzene rings is 1. The number of hydrogen-bond acceptors (Lipinski definition) is 4. The van der Waals surface area contributed by atoms with Gasteiger partial charge in [0.25, 0.3) is 11.8 Å². The van der Waals surface area contributed by atoms with E-state index in [1.165, 1.54) is 6.08 Å². The Labute approximate surface area is 123 Å². The second kappa shape index (κ2) is 5.50. The third-order valence-electron chi connectivity index (χ3n) is 2.45. The molecule has 1 saturated heterocycles. The van der Waals surface area contributed by atoms with Crippen molar-refractivity contribution in [2.75, 3.05) is 7.11 Å². The average molecular weight is 341 g/mol. The van der Waals surface area contributed by atoms with Crippen LogP contribution in [0.25, 0.3) is 6.08 Å². The number of carbonyl (C=O) groups excluding carboxylic acids is 2. The molecule has 19 heavy (non-hydrogen) atoms. The van der Waals surface area contributed by atoms with Gasteiger partial charge in [-0.1, -0.05) is 22.0 Å². The van der Waals surface area contributed by atoms with Gasteiger partial charge in [-0.25, -0.2) is 0 Å². The molecular weight excluding hydrogens is 332 g/mol. The number of ether oxygens (including phenoxy) is 1. The Morgan fingerprint density at radius 2 is 1.89 bits per heavy atom. The lowest BCUT2D eigenvalue weighted by molar-refractivity contribution is -0.123. The first kappa shape index (κ1) is 13.7. The van der Waals surface area contributed by atoms with Crippen molar-refractivity contribution in [2.45, 2.75) is 0 Å². The van der Waals surface area contributed by atoms with E-state index in [0.29, 0.717) is 15.8 Å². The minimum atomic E-state index is -0.517. The molecule has 0 radical (unpaired) electrons. The van der Waals surface area contributed by atoms with Crippen LogP contribution in [0.15, 0.2) is 28.2 Å². The van der Waals surface area contributed by atoms with Crippen molar-refractivity contribution in [3.8, 4) is 5.75 Å². The summed E-state index contributed by atoms with van der Waals surface area (Å²) in [5.74, 6) is -0.360. The predicted molar refractivity (Wildman–Crippen MR) is 77.6 cm³/mol. The maximum Gasteiger partial charge on any atom is 0.263 e. The van der Waals surface area contributed by atoms with Crippen molar-refractivity contribution >= 4 is 51.2 Å². The molecule has 1 aromatic carbocycles. The van der Waals surface area contributed by atoms with Crippen LogP contribution in [0.2, 0.25) is 0 Å². The van der Waals surface area contributed by atoms with Gasteiger partial charge in [-0.3, -0.25) is 20.2 Å². The third-order valence-corrected chi connectivity index (χ3v) is 3.34. The quantitative estimate of drug-likeness (QED) is 0.484. The van der Waals surface area contributed by atoms with Crippen LogP contribution in [0, 0.1) is 0 Å². The van der Waals surface area contributed by atoms with Crippen LogP contribution in [0.5, 0.6) is 5.75 Å². The molecule has 2 amide bonds. The molecule has 7 heteroatoms. The van der Waals surface area contributed by atoms with Crippen molar-refractivity contribution in [1.82, 2.24) is 10.6 Å². The molecule has 2 N–H and O–H groups in total. The second-order valence-electron chi connectivity index (χ2n) is 3.68. The van der Waals surface area contributed by atoms with Crippen molar-refractivity contribution in [3.05, 3.63) is 33.8 Å². The predicted octanol–water partition coefficient (Wildman–Crippen LogP) is 1.37. The van der Waals surface area contributed by atoms with Gasteiger partial charge in [-0.2, -0.15) is 0 Å². The zero-order chi connectivity index (χ0) is 14.0. The molecule has 1 aliphatic rings. The summed E-state index contributed by atoms with van der Waals surface area (Å²) in [6.07, 6.45) is 1.48. The van der Waals surface area contributed by atoms with Crippen LogP contribution in [0.3, 0.4) is 0 Å². The lowest BCUT2D eigenvalue weighted by atomic mass is 10.1. The highest BCUT2D eigenvalue weighted by molar-refractivity contribution is 9.10. The number of thiocarbonyl (C=S) groups is 1. The topological polar surface area (TPSA) is 67.4 Å². The highest BCUT2D eigenvalue weighted by Crippen LogP contribution is 2.25. The summed E-state index contributed by atoms with van der Waals surface area (Å²) < 4.78 is 5.79. The minimum absolute atomic E-state index is 0.000494. The standard InChI is InChI=1S/C12H9BrN2O3S/c1-18-7-3-2-6(9(13)5-7)4-8-10(16)14-12(19)15-11(8)17/h2-5H,1H3,(H2,14,15,16,17,19). The van der Waals surface area contributed by atoms with E-state index in [0.717, 1.165) is 0 Å². The fourth-order valence-electron chi connectivity index (χ4n) is 1.51. The summed E-state index contributed by atoms with van der Waals surface area (Å²) in [5, 5.41) is 4.76. The summed E-state index contributed by atoms with van der Waals surface area (Å²) in [6.45, 7) is 0. The molecule has 0 unspecified atom stereocenters. The molecular formula is C12H9BrN2O3S. The molecule has 1 aromatic rings. The van der Waals surface area contributed by atoms with Crippen molar-refractivity contribution < 1.29 is 14.3 Å². The lowest BCUT2D eigenvalue weighted by Gasteiger charge is -2.16. The van der Waals surface area contributed by atoms with Crippen LogP contribution in [-0.2, 0) is 9.59 Å². The number of rotatable bonds is 2. The van der Waals surface area contributed by atoms with E-state index in [1.54, 1.807) is 25.3 Å². The van der Waals surface area contributed by atoms with E-state index in [2.05, 4.69) is 26.6 Å². The Hall–Kier alpha value is -1.73. The summed E-state index contributed by atoms with van der Waals surface area (Å²) in [4.78, 5) is 23.4. The molecule has 1 fully saturated rings. The minimum Gasteiger partial charge on any atom is -0.497 e. The molecule has 2 rings (SSSR count). The molecule has 0 atom stereocenters. The molecule has 0 aliphatic carbocycles. The molecule has 0 bridgehead atoms. The van der Waals surface area contributed by atoms with Gasteiger partial charge in [0.2, 0.25) is 0 Å². The SMILES string of the molecule is COc1ccc(C=C2C(=O)NC(=S)NC2=O)c(Br)c1. The molecule has 1 aliphatic heterocycles. The first-order valence-corrected chi connectivity index (χ1v) is 6.43. The number of hydrogen-bond donors (Lipinski definition) is 2. The molecule has 5 nitrogen and oxygen atoms in total. The first-order valence-electron chi connectivity index (χ1n) is 5.23. The Morgan fingerprint density at radius 3 is 2.42 bits per heavy atom. The van der Waals surface area contributed by atoms with E-state index in [9.17, 15) is 9.59 Å². The van der Waals surface area contributed by atoms with Crippen LogP contribution < -0.4 is 15.4 Å². The monoisotopic (exact) mass is 340 g/mol. The van der Waals surface area contributed by atoms with Gasteiger partial charge in [0.1, 0.15) is 11.3 Å². The zero-order valence-electron chi connectivity index (χ0n) is 9.82. The van der Waals surface area contributed by atoms with Crippen molar-refractivity contribution in [3.63, 3.8) is 0 Å². The number of amides is 2. The number of halogens is 1. The lowest BCUT2D eigenvalue weighted by Crippen LogP contribution is -2.51. The first-order chi connectivity index (χ1) is 9.01. The fourth-order valence-corrected chi connectivity index (χ4v) is 2.17. The normalized spacial score (nSPS) is 14.8. The summed E-state index contributed by atoms with van der Waals surface area (Å²) in [5.41, 5.74) is 0.688. The van der Waals surface area contributed by atoms with Gasteiger partial charge >= 0.3 is 0 Å². The molecule has 0 saturated carbocycles.